The number of fused-ring (bicyclic) bond motifs is 1. The summed E-state index contributed by atoms with van der Waals surface area (Å²) in [6.07, 6.45) is -3.34. The standard InChI is InChI=1S/C10H7F3N2O2/c1-17-9(16)5-2-6-4-14-15-8(6)7(3-5)10(11,12)13/h2-4H,1H3,(H,14,15). The van der Waals surface area contributed by atoms with Gasteiger partial charge in [0, 0.05) is 5.39 Å². The van der Waals surface area contributed by atoms with E-state index in [1.807, 2.05) is 0 Å². The number of nitrogens with one attached hydrogen (secondary N) is 1. The Morgan fingerprint density at radius 3 is 2.71 bits per heavy atom. The second kappa shape index (κ2) is 3.76. The van der Waals surface area contributed by atoms with E-state index in [4.69, 9.17) is 0 Å². The van der Waals surface area contributed by atoms with Gasteiger partial charge >= 0.3 is 12.1 Å². The SMILES string of the molecule is COC(=O)c1cc(C(F)(F)F)c2[nH]ncc2c1. The van der Waals surface area contributed by atoms with Gasteiger partial charge < -0.3 is 4.74 Å². The summed E-state index contributed by atoms with van der Waals surface area (Å²) in [7, 11) is 1.11. The summed E-state index contributed by atoms with van der Waals surface area (Å²) < 4.78 is 42.6. The molecule has 1 aromatic carbocycles. The second-order valence-electron chi connectivity index (χ2n) is 3.35. The van der Waals surface area contributed by atoms with Crippen molar-refractivity contribution >= 4 is 16.9 Å². The number of hydrogen-bond donors (Lipinski definition) is 1. The molecule has 1 N–H and O–H groups in total. The van der Waals surface area contributed by atoms with Gasteiger partial charge in [0.2, 0.25) is 0 Å². The van der Waals surface area contributed by atoms with Crippen molar-refractivity contribution in [3.05, 3.63) is 29.5 Å². The van der Waals surface area contributed by atoms with Crippen molar-refractivity contribution in [3.8, 4) is 0 Å². The van der Waals surface area contributed by atoms with Gasteiger partial charge in [-0.25, -0.2) is 4.79 Å². The van der Waals surface area contributed by atoms with Gasteiger partial charge in [-0.2, -0.15) is 18.3 Å². The Kier molecular flexibility index (Phi) is 2.53. The Labute approximate surface area is 93.4 Å². The highest BCUT2D eigenvalue weighted by Crippen LogP contribution is 2.34. The average molecular weight is 244 g/mol. The molecule has 7 heteroatoms. The normalized spacial score (nSPS) is 11.8. The third-order valence-electron chi connectivity index (χ3n) is 2.28. The van der Waals surface area contributed by atoms with Crippen LogP contribution in [0.5, 0.6) is 0 Å². The van der Waals surface area contributed by atoms with Gasteiger partial charge in [0.25, 0.3) is 0 Å². The first-order valence-corrected chi connectivity index (χ1v) is 4.56. The summed E-state index contributed by atoms with van der Waals surface area (Å²) in [6.45, 7) is 0. The molecular weight excluding hydrogens is 237 g/mol. The molecule has 0 fully saturated rings. The number of methoxy groups -OCH3 is 1. The number of ether oxygens (including phenoxy) is 1. The van der Waals surface area contributed by atoms with Crippen LogP contribution in [-0.4, -0.2) is 23.3 Å². The highest BCUT2D eigenvalue weighted by molar-refractivity contribution is 5.95. The van der Waals surface area contributed by atoms with E-state index in [0.717, 1.165) is 13.2 Å². The number of benzene rings is 1. The first-order chi connectivity index (χ1) is 7.93. The molecule has 0 amide bonds. The van der Waals surface area contributed by atoms with Crippen molar-refractivity contribution in [2.24, 2.45) is 0 Å². The van der Waals surface area contributed by atoms with Crippen LogP contribution in [0.3, 0.4) is 0 Å². The number of alkyl halides is 3. The smallest absolute Gasteiger partial charge is 0.418 e. The number of hydrogen-bond acceptors (Lipinski definition) is 3. The van der Waals surface area contributed by atoms with Crippen molar-refractivity contribution < 1.29 is 22.7 Å². The molecular formula is C10H7F3N2O2. The highest BCUT2D eigenvalue weighted by Gasteiger charge is 2.34. The molecule has 0 saturated carbocycles. The van der Waals surface area contributed by atoms with E-state index in [2.05, 4.69) is 14.9 Å². The maximum Gasteiger partial charge on any atom is 0.418 e. The van der Waals surface area contributed by atoms with Crippen LogP contribution in [0.25, 0.3) is 10.9 Å². The monoisotopic (exact) mass is 244 g/mol. The quantitative estimate of drug-likeness (QED) is 0.783. The molecule has 0 aliphatic heterocycles. The molecule has 2 aromatic rings. The van der Waals surface area contributed by atoms with E-state index < -0.39 is 17.7 Å². The number of nitrogens with zero attached hydrogens (tertiary/aromatic N) is 1. The van der Waals surface area contributed by atoms with Crippen LogP contribution in [0.4, 0.5) is 13.2 Å². The van der Waals surface area contributed by atoms with Crippen LogP contribution >= 0.6 is 0 Å². The number of rotatable bonds is 1. The summed E-state index contributed by atoms with van der Waals surface area (Å²) >= 11 is 0. The molecule has 0 saturated heterocycles. The molecule has 0 spiro atoms. The van der Waals surface area contributed by atoms with Gasteiger partial charge in [0.15, 0.2) is 0 Å². The van der Waals surface area contributed by atoms with Gasteiger partial charge in [-0.05, 0) is 12.1 Å². The molecule has 0 aliphatic rings. The Bertz CT molecular complexity index is 574. The molecule has 0 bridgehead atoms. The molecule has 2 rings (SSSR count). The van der Waals surface area contributed by atoms with Crippen molar-refractivity contribution in [2.75, 3.05) is 7.11 Å². The minimum atomic E-state index is -4.56. The highest BCUT2D eigenvalue weighted by atomic mass is 19.4. The Balaban J connectivity index is 2.71. The first-order valence-electron chi connectivity index (χ1n) is 4.56. The number of esters is 1. The van der Waals surface area contributed by atoms with Crippen molar-refractivity contribution in [2.45, 2.75) is 6.18 Å². The summed E-state index contributed by atoms with van der Waals surface area (Å²) in [5, 5.41) is 5.99. The van der Waals surface area contributed by atoms with Crippen LogP contribution in [0.15, 0.2) is 18.3 Å². The molecule has 1 aromatic heterocycles. The van der Waals surface area contributed by atoms with Crippen molar-refractivity contribution in [1.29, 1.82) is 0 Å². The fourth-order valence-electron chi connectivity index (χ4n) is 1.52. The van der Waals surface area contributed by atoms with Crippen LogP contribution in [0.1, 0.15) is 15.9 Å². The van der Waals surface area contributed by atoms with Crippen molar-refractivity contribution in [1.82, 2.24) is 10.2 Å². The molecule has 0 unspecified atom stereocenters. The predicted octanol–water partition coefficient (Wildman–Crippen LogP) is 2.37. The zero-order chi connectivity index (χ0) is 12.6. The van der Waals surface area contributed by atoms with E-state index in [-0.39, 0.29) is 16.5 Å². The zero-order valence-corrected chi connectivity index (χ0v) is 8.63. The number of carbonyl (C=O) groups is 1. The lowest BCUT2D eigenvalue weighted by Crippen LogP contribution is -2.09. The van der Waals surface area contributed by atoms with E-state index >= 15 is 0 Å². The van der Waals surface area contributed by atoms with E-state index in [1.165, 1.54) is 12.3 Å². The van der Waals surface area contributed by atoms with Gasteiger partial charge in [0.1, 0.15) is 0 Å². The molecule has 1 heterocycles. The summed E-state index contributed by atoms with van der Waals surface area (Å²) in [4.78, 5) is 11.2. The minimum absolute atomic E-state index is 0.148. The predicted molar refractivity (Wildman–Crippen MR) is 52.4 cm³/mol. The molecule has 0 aliphatic carbocycles. The lowest BCUT2D eigenvalue weighted by atomic mass is 10.1. The van der Waals surface area contributed by atoms with E-state index in [0.29, 0.717) is 0 Å². The maximum absolute atomic E-state index is 12.7. The maximum atomic E-state index is 12.7. The number of halogens is 3. The number of carbonyl (C=O) groups excluding carboxylic acids is 1. The number of aromatic nitrogens is 2. The molecule has 4 nitrogen and oxygen atoms in total. The van der Waals surface area contributed by atoms with Gasteiger partial charge in [0.05, 0.1) is 30.0 Å². The summed E-state index contributed by atoms with van der Waals surface area (Å²) in [5.41, 5.74) is -1.24. The van der Waals surface area contributed by atoms with Crippen LogP contribution < -0.4 is 0 Å². The van der Waals surface area contributed by atoms with E-state index in [1.54, 1.807) is 0 Å². The number of aromatic amines is 1. The van der Waals surface area contributed by atoms with Gasteiger partial charge in [-0.3, -0.25) is 5.10 Å². The lowest BCUT2D eigenvalue weighted by Gasteiger charge is -2.09. The molecule has 90 valence electrons. The molecule has 17 heavy (non-hydrogen) atoms. The lowest BCUT2D eigenvalue weighted by molar-refractivity contribution is -0.136. The fraction of sp³-hybridized carbons (Fsp3) is 0.200. The van der Waals surface area contributed by atoms with E-state index in [9.17, 15) is 18.0 Å². The van der Waals surface area contributed by atoms with Gasteiger partial charge in [-0.1, -0.05) is 0 Å². The van der Waals surface area contributed by atoms with Crippen LogP contribution in [-0.2, 0) is 10.9 Å². The average Bonchev–Trinajstić information content (AvgIpc) is 2.72. The Morgan fingerprint density at radius 1 is 1.41 bits per heavy atom. The largest absolute Gasteiger partial charge is 0.465 e. The fourth-order valence-corrected chi connectivity index (χ4v) is 1.52. The summed E-state index contributed by atoms with van der Waals surface area (Å²) in [5.74, 6) is -0.821. The van der Waals surface area contributed by atoms with Gasteiger partial charge in [-0.15, -0.1) is 0 Å². The first kappa shape index (κ1) is 11.4. The topological polar surface area (TPSA) is 55.0 Å². The third-order valence-corrected chi connectivity index (χ3v) is 2.28. The summed E-state index contributed by atoms with van der Waals surface area (Å²) in [6, 6.07) is 2.03. The van der Waals surface area contributed by atoms with Crippen LogP contribution in [0.2, 0.25) is 0 Å². The van der Waals surface area contributed by atoms with Crippen LogP contribution in [0, 0.1) is 0 Å². The second-order valence-corrected chi connectivity index (χ2v) is 3.35. The Morgan fingerprint density at radius 2 is 2.12 bits per heavy atom. The molecule has 0 atom stereocenters. The zero-order valence-electron chi connectivity index (χ0n) is 8.63. The number of H-pyrrole nitrogens is 1. The Hall–Kier alpha value is -2.05. The molecule has 0 radical (unpaired) electrons. The van der Waals surface area contributed by atoms with Crippen molar-refractivity contribution in [3.63, 3.8) is 0 Å². The third kappa shape index (κ3) is 1.95. The minimum Gasteiger partial charge on any atom is -0.465 e.